The number of aliphatic hydroxyl groups excluding tert-OH is 1. The van der Waals surface area contributed by atoms with Gasteiger partial charge in [0.15, 0.2) is 0 Å². The van der Waals surface area contributed by atoms with Crippen LogP contribution in [0.2, 0.25) is 0 Å². The van der Waals surface area contributed by atoms with Crippen molar-refractivity contribution in [3.05, 3.63) is 134 Å². The first-order valence-corrected chi connectivity index (χ1v) is 24.2. The van der Waals surface area contributed by atoms with Gasteiger partial charge in [0.25, 0.3) is 0 Å². The van der Waals surface area contributed by atoms with Crippen LogP contribution in [0.1, 0.15) is 142 Å². The molecule has 2 atom stereocenters. The maximum atomic E-state index is 12.1. The number of aliphatic hydroxyl groups is 1. The summed E-state index contributed by atoms with van der Waals surface area (Å²) in [5, 5.41) is 12.7. The molecule has 1 amide bonds. The smallest absolute Gasteiger partial charge is 0.463 e. The van der Waals surface area contributed by atoms with E-state index in [1.54, 1.807) is 0 Å². The van der Waals surface area contributed by atoms with Crippen LogP contribution in [-0.4, -0.2) is 54.3 Å². The van der Waals surface area contributed by atoms with Gasteiger partial charge < -0.3 is 20.1 Å². The Morgan fingerprint density at radius 3 is 1.36 bits per heavy atom. The van der Waals surface area contributed by atoms with Gasteiger partial charge in [0.1, 0.15) is 12.7 Å². The molecule has 0 aromatic heterocycles. The normalized spacial score (nSPS) is 14.5. The maximum absolute atomic E-state index is 12.1. The molecule has 0 spiro atoms. The van der Waals surface area contributed by atoms with Crippen molar-refractivity contribution in [2.75, 3.05) is 26.4 Å². The van der Waals surface area contributed by atoms with Gasteiger partial charge in [0.05, 0.1) is 13.2 Å². The van der Waals surface area contributed by atoms with Crippen LogP contribution < -0.4 is 5.32 Å². The third kappa shape index (κ3) is 47.1. The van der Waals surface area contributed by atoms with Crippen LogP contribution >= 0.6 is 7.82 Å². The second-order valence-corrected chi connectivity index (χ2v) is 15.7. The third-order valence-corrected chi connectivity index (χ3v) is 9.57. The highest BCUT2D eigenvalue weighted by molar-refractivity contribution is 7.47. The van der Waals surface area contributed by atoms with Gasteiger partial charge >= 0.3 is 13.8 Å². The number of carbonyl (C=O) groups excluding carboxylic acids is 2. The van der Waals surface area contributed by atoms with E-state index in [0.29, 0.717) is 12.8 Å². The Kier molecular flexibility index (Phi) is 42.8. The number of hydrogen-bond acceptors (Lipinski definition) is 7. The van der Waals surface area contributed by atoms with Gasteiger partial charge in [-0.3, -0.25) is 18.6 Å². The highest BCUT2D eigenvalue weighted by atomic mass is 31.2. The monoisotopic (exact) mass is 866 g/mol. The van der Waals surface area contributed by atoms with Crippen molar-refractivity contribution < 1.29 is 37.9 Å². The quantitative estimate of drug-likeness (QED) is 0.0240. The Hall–Kier alpha value is -3.85. The first-order valence-electron chi connectivity index (χ1n) is 22.7. The number of amides is 1. The zero-order valence-electron chi connectivity index (χ0n) is 37.5. The fraction of sp³-hybridized carbons (Fsp3) is 0.529. The Labute approximate surface area is 370 Å². The molecule has 61 heavy (non-hydrogen) atoms. The van der Waals surface area contributed by atoms with E-state index in [1.165, 1.54) is 0 Å². The molecule has 0 aliphatic carbocycles. The summed E-state index contributed by atoms with van der Waals surface area (Å²) >= 11 is 0. The lowest BCUT2D eigenvalue weighted by atomic mass is 10.1. The molecule has 342 valence electrons. The van der Waals surface area contributed by atoms with Gasteiger partial charge in [-0.05, 0) is 96.3 Å². The fourth-order valence-corrected chi connectivity index (χ4v) is 6.01. The van der Waals surface area contributed by atoms with Gasteiger partial charge in [0.2, 0.25) is 5.91 Å². The van der Waals surface area contributed by atoms with Gasteiger partial charge in [-0.1, -0.05) is 167 Å². The van der Waals surface area contributed by atoms with Crippen LogP contribution in [-0.2, 0) is 27.9 Å². The average molecular weight is 866 g/mol. The molecular formula is C51H80NO8P. The standard InChI is InChI=1S/C51H80NO8P/c1-3-5-7-9-11-13-15-17-19-21-23-24-26-27-29-31-33-35-37-39-41-43-50(54)52-45-46-59-61(56,57)60-48-49(53)47-58-51(55)44-42-40-38-36-34-32-30-28-25-22-20-18-16-14-12-10-8-6-4-2/h5-8,11-14,17-20,23-25,27-29,32,34,38,40,49,53H,3-4,9-10,15-16,21-22,26,30-31,33,35-37,39,41-48H2,1-2H3,(H,52,54)(H,56,57)/b7-5-,8-6-,13-11-,14-12-,19-17-,20-18-,24-23-,28-25-,29-27-,34-32-,40-38-. The Morgan fingerprint density at radius 2 is 0.902 bits per heavy atom. The van der Waals surface area contributed by atoms with Crippen LogP contribution in [0.25, 0.3) is 0 Å². The van der Waals surface area contributed by atoms with E-state index in [9.17, 15) is 24.2 Å². The molecule has 0 aromatic carbocycles. The molecule has 0 aromatic rings. The van der Waals surface area contributed by atoms with E-state index in [1.807, 2.05) is 12.2 Å². The predicted octanol–water partition coefficient (Wildman–Crippen LogP) is 13.1. The molecule has 0 radical (unpaired) electrons. The van der Waals surface area contributed by atoms with E-state index in [-0.39, 0.29) is 32.1 Å². The summed E-state index contributed by atoms with van der Waals surface area (Å²) < 4.78 is 26.8. The minimum Gasteiger partial charge on any atom is -0.463 e. The molecule has 3 N–H and O–H groups in total. The second-order valence-electron chi connectivity index (χ2n) is 14.3. The number of carbonyl (C=O) groups is 2. The Morgan fingerprint density at radius 1 is 0.508 bits per heavy atom. The summed E-state index contributed by atoms with van der Waals surface area (Å²) in [6.07, 6.45) is 63.9. The summed E-state index contributed by atoms with van der Waals surface area (Å²) in [4.78, 5) is 33.9. The van der Waals surface area contributed by atoms with Crippen LogP contribution in [0.5, 0.6) is 0 Å². The van der Waals surface area contributed by atoms with Crippen LogP contribution in [0, 0.1) is 0 Å². The number of nitrogens with one attached hydrogen (secondary N) is 1. The van der Waals surface area contributed by atoms with Crippen molar-refractivity contribution in [3.63, 3.8) is 0 Å². The zero-order chi connectivity index (χ0) is 44.6. The van der Waals surface area contributed by atoms with Crippen molar-refractivity contribution in [2.24, 2.45) is 0 Å². The molecule has 2 unspecified atom stereocenters. The van der Waals surface area contributed by atoms with E-state index >= 15 is 0 Å². The molecule has 0 rings (SSSR count). The SMILES string of the molecule is CC/C=C\C/C=C\C/C=C\C/C=C\C/C=C\C/C=C\CCC(=O)OCC(O)COP(=O)(O)OCCNC(=O)CCCCCCC/C=C\C/C=C\C/C=C\C/C=C\C/C=C\CC. The molecule has 0 bridgehead atoms. The molecule has 0 fully saturated rings. The van der Waals surface area contributed by atoms with Crippen LogP contribution in [0.15, 0.2) is 134 Å². The predicted molar refractivity (Wildman–Crippen MR) is 256 cm³/mol. The van der Waals surface area contributed by atoms with E-state index < -0.39 is 26.5 Å². The zero-order valence-corrected chi connectivity index (χ0v) is 38.4. The number of esters is 1. The first-order chi connectivity index (χ1) is 29.8. The number of ether oxygens (including phenoxy) is 1. The third-order valence-electron chi connectivity index (χ3n) is 8.59. The second kappa shape index (κ2) is 45.7. The molecule has 9 nitrogen and oxygen atoms in total. The summed E-state index contributed by atoms with van der Waals surface area (Å²) in [6, 6.07) is 0. The average Bonchev–Trinajstić information content (AvgIpc) is 3.25. The summed E-state index contributed by atoms with van der Waals surface area (Å²) in [5.41, 5.74) is 0. The van der Waals surface area contributed by atoms with Crippen LogP contribution in [0.3, 0.4) is 0 Å². The van der Waals surface area contributed by atoms with Gasteiger partial charge in [-0.25, -0.2) is 4.57 Å². The van der Waals surface area contributed by atoms with Crippen molar-refractivity contribution in [3.8, 4) is 0 Å². The van der Waals surface area contributed by atoms with Gasteiger partial charge in [0, 0.05) is 19.4 Å². The molecule has 10 heteroatoms. The lowest BCUT2D eigenvalue weighted by Gasteiger charge is -2.15. The number of phosphoric ester groups is 1. The number of allylic oxidation sites excluding steroid dienone is 22. The maximum Gasteiger partial charge on any atom is 0.472 e. The topological polar surface area (TPSA) is 131 Å². The molecule has 0 saturated heterocycles. The number of unbranched alkanes of at least 4 members (excludes halogenated alkanes) is 5. The van der Waals surface area contributed by atoms with Crippen molar-refractivity contribution >= 4 is 19.7 Å². The summed E-state index contributed by atoms with van der Waals surface area (Å²) in [7, 11) is -4.45. The largest absolute Gasteiger partial charge is 0.472 e. The molecule has 0 aliphatic heterocycles. The molecular weight excluding hydrogens is 786 g/mol. The van der Waals surface area contributed by atoms with E-state index in [0.717, 1.165) is 109 Å². The lowest BCUT2D eigenvalue weighted by molar-refractivity contribution is -0.147. The lowest BCUT2D eigenvalue weighted by Crippen LogP contribution is -2.27. The first kappa shape index (κ1) is 57.1. The minimum atomic E-state index is -4.45. The Bertz CT molecular complexity index is 1450. The molecule has 0 aliphatic rings. The highest BCUT2D eigenvalue weighted by Gasteiger charge is 2.23. The summed E-state index contributed by atoms with van der Waals surface area (Å²) in [5.74, 6) is -0.635. The van der Waals surface area contributed by atoms with Crippen molar-refractivity contribution in [2.45, 2.75) is 148 Å². The van der Waals surface area contributed by atoms with E-state index in [4.69, 9.17) is 13.8 Å². The van der Waals surface area contributed by atoms with Crippen molar-refractivity contribution in [1.29, 1.82) is 0 Å². The van der Waals surface area contributed by atoms with E-state index in [2.05, 4.69) is 141 Å². The number of hydrogen-bond donors (Lipinski definition) is 3. The van der Waals surface area contributed by atoms with Crippen LogP contribution in [0.4, 0.5) is 0 Å². The van der Waals surface area contributed by atoms with Crippen molar-refractivity contribution in [1.82, 2.24) is 5.32 Å². The highest BCUT2D eigenvalue weighted by Crippen LogP contribution is 2.42. The number of rotatable bonds is 40. The number of phosphoric acid groups is 1. The summed E-state index contributed by atoms with van der Waals surface area (Å²) in [6.45, 7) is 3.18. The molecule has 0 saturated carbocycles. The fourth-order valence-electron chi connectivity index (χ4n) is 5.25. The van der Waals surface area contributed by atoms with Gasteiger partial charge in [-0.15, -0.1) is 0 Å². The molecule has 0 heterocycles. The Balaban J connectivity index is 3.76. The minimum absolute atomic E-state index is 0.0525. The van der Waals surface area contributed by atoms with Gasteiger partial charge in [-0.2, -0.15) is 0 Å².